The minimum absolute atomic E-state index is 0.0414. The third-order valence-corrected chi connectivity index (χ3v) is 7.39. The van der Waals surface area contributed by atoms with E-state index in [0.717, 1.165) is 22.4 Å². The van der Waals surface area contributed by atoms with Gasteiger partial charge in [-0.1, -0.05) is 30.3 Å². The van der Waals surface area contributed by atoms with E-state index in [1.165, 1.54) is 4.31 Å². The fraction of sp³-hybridized carbons (Fsp3) is 0.409. The van der Waals surface area contributed by atoms with Crippen LogP contribution >= 0.6 is 0 Å². The van der Waals surface area contributed by atoms with Gasteiger partial charge in [-0.25, -0.2) is 8.42 Å². The van der Waals surface area contributed by atoms with Gasteiger partial charge in [0.1, 0.15) is 5.75 Å². The van der Waals surface area contributed by atoms with Crippen LogP contribution in [0.15, 0.2) is 47.4 Å². The lowest BCUT2D eigenvalue weighted by atomic mass is 10.1. The van der Waals surface area contributed by atoms with Crippen molar-refractivity contribution in [1.29, 1.82) is 0 Å². The normalized spacial score (nSPS) is 15.3. The van der Waals surface area contributed by atoms with Gasteiger partial charge in [0, 0.05) is 32.6 Å². The van der Waals surface area contributed by atoms with E-state index in [4.69, 9.17) is 4.74 Å². The first-order valence-corrected chi connectivity index (χ1v) is 11.2. The van der Waals surface area contributed by atoms with E-state index in [1.807, 2.05) is 50.2 Å². The molecule has 2 aromatic carbocycles. The van der Waals surface area contributed by atoms with E-state index in [-0.39, 0.29) is 5.91 Å². The topological polar surface area (TPSA) is 66.9 Å². The quantitative estimate of drug-likeness (QED) is 0.726. The van der Waals surface area contributed by atoms with Crippen LogP contribution in [-0.4, -0.2) is 56.8 Å². The van der Waals surface area contributed by atoms with Gasteiger partial charge < -0.3 is 9.64 Å². The minimum Gasteiger partial charge on any atom is -0.496 e. The van der Waals surface area contributed by atoms with Crippen LogP contribution in [0.25, 0.3) is 0 Å². The molecule has 1 aliphatic heterocycles. The third-order valence-electron chi connectivity index (χ3n) is 5.35. The molecule has 29 heavy (non-hydrogen) atoms. The Labute approximate surface area is 173 Å². The Morgan fingerprint density at radius 1 is 1.03 bits per heavy atom. The lowest BCUT2D eigenvalue weighted by molar-refractivity contribution is -0.132. The SMILES string of the molecule is COc1ccccc1CCC(=O)N1CCN(S(=O)(=O)c2cc(C)ccc2C)CC1. The van der Waals surface area contributed by atoms with Crippen LogP contribution in [-0.2, 0) is 21.2 Å². The zero-order valence-corrected chi connectivity index (χ0v) is 18.0. The second-order valence-electron chi connectivity index (χ2n) is 7.37. The molecule has 0 radical (unpaired) electrons. The molecule has 0 N–H and O–H groups in total. The number of aryl methyl sites for hydroxylation is 3. The zero-order valence-electron chi connectivity index (χ0n) is 17.2. The van der Waals surface area contributed by atoms with Gasteiger partial charge in [0.15, 0.2) is 0 Å². The molecule has 1 saturated heterocycles. The fourth-order valence-corrected chi connectivity index (χ4v) is 5.34. The van der Waals surface area contributed by atoms with Crippen LogP contribution in [0.1, 0.15) is 23.1 Å². The maximum atomic E-state index is 13.0. The molecule has 7 heteroatoms. The standard InChI is InChI=1S/C22H28N2O4S/c1-17-8-9-18(2)21(16-17)29(26,27)24-14-12-23(13-15-24)22(25)11-10-19-6-4-5-7-20(19)28-3/h4-9,16H,10-15H2,1-3H3. The second kappa shape index (κ2) is 8.97. The van der Waals surface area contributed by atoms with E-state index >= 15 is 0 Å². The van der Waals surface area contributed by atoms with E-state index < -0.39 is 10.0 Å². The van der Waals surface area contributed by atoms with Crippen LogP contribution in [0.4, 0.5) is 0 Å². The first-order chi connectivity index (χ1) is 13.8. The van der Waals surface area contributed by atoms with Gasteiger partial charge in [0.25, 0.3) is 0 Å². The maximum absolute atomic E-state index is 13.0. The van der Waals surface area contributed by atoms with Crippen LogP contribution < -0.4 is 4.74 Å². The van der Waals surface area contributed by atoms with E-state index in [1.54, 1.807) is 18.1 Å². The summed E-state index contributed by atoms with van der Waals surface area (Å²) in [5.41, 5.74) is 2.66. The number of nitrogens with zero attached hydrogens (tertiary/aromatic N) is 2. The Balaban J connectivity index is 1.60. The van der Waals surface area contributed by atoms with Gasteiger partial charge >= 0.3 is 0 Å². The number of amides is 1. The number of carbonyl (C=O) groups excluding carboxylic acids is 1. The molecular weight excluding hydrogens is 388 g/mol. The van der Waals surface area contributed by atoms with Crippen LogP contribution in [0.5, 0.6) is 5.75 Å². The molecule has 0 atom stereocenters. The lowest BCUT2D eigenvalue weighted by Gasteiger charge is -2.34. The van der Waals surface area contributed by atoms with Crippen molar-refractivity contribution in [2.24, 2.45) is 0 Å². The summed E-state index contributed by atoms with van der Waals surface area (Å²) in [5.74, 6) is 0.824. The largest absolute Gasteiger partial charge is 0.496 e. The maximum Gasteiger partial charge on any atom is 0.243 e. The van der Waals surface area contributed by atoms with Crippen molar-refractivity contribution in [3.8, 4) is 5.75 Å². The van der Waals surface area contributed by atoms with Crippen molar-refractivity contribution >= 4 is 15.9 Å². The first kappa shape index (κ1) is 21.3. The predicted molar refractivity (Wildman–Crippen MR) is 113 cm³/mol. The molecule has 0 unspecified atom stereocenters. The van der Waals surface area contributed by atoms with Crippen LogP contribution in [0.3, 0.4) is 0 Å². The smallest absolute Gasteiger partial charge is 0.243 e. The predicted octanol–water partition coefficient (Wildman–Crippen LogP) is 2.78. The van der Waals surface area contributed by atoms with Gasteiger partial charge in [-0.3, -0.25) is 4.79 Å². The van der Waals surface area contributed by atoms with E-state index in [9.17, 15) is 13.2 Å². The monoisotopic (exact) mass is 416 g/mol. The average Bonchev–Trinajstić information content (AvgIpc) is 2.73. The number of carbonyl (C=O) groups is 1. The summed E-state index contributed by atoms with van der Waals surface area (Å²) in [7, 11) is -1.93. The highest BCUT2D eigenvalue weighted by Crippen LogP contribution is 2.23. The van der Waals surface area contributed by atoms with Gasteiger partial charge in [-0.15, -0.1) is 0 Å². The Bertz CT molecular complexity index is 980. The summed E-state index contributed by atoms with van der Waals surface area (Å²) in [6, 6.07) is 13.1. The highest BCUT2D eigenvalue weighted by molar-refractivity contribution is 7.89. The van der Waals surface area contributed by atoms with Crippen molar-refractivity contribution in [2.75, 3.05) is 33.3 Å². The number of piperazine rings is 1. The van der Waals surface area contributed by atoms with Crippen molar-refractivity contribution in [1.82, 2.24) is 9.21 Å². The number of sulfonamides is 1. The Kier molecular flexibility index (Phi) is 6.59. The molecule has 0 aliphatic carbocycles. The second-order valence-corrected chi connectivity index (χ2v) is 9.27. The van der Waals surface area contributed by atoms with Crippen molar-refractivity contribution in [3.05, 3.63) is 59.2 Å². The van der Waals surface area contributed by atoms with Crippen molar-refractivity contribution in [2.45, 2.75) is 31.6 Å². The molecule has 6 nitrogen and oxygen atoms in total. The summed E-state index contributed by atoms with van der Waals surface area (Å²) < 4.78 is 32.9. The minimum atomic E-state index is -3.55. The van der Waals surface area contributed by atoms with Crippen LogP contribution in [0.2, 0.25) is 0 Å². The number of benzene rings is 2. The molecule has 1 fully saturated rings. The molecule has 1 heterocycles. The summed E-state index contributed by atoms with van der Waals surface area (Å²) in [4.78, 5) is 14.7. The molecule has 0 spiro atoms. The van der Waals surface area contributed by atoms with Crippen molar-refractivity contribution < 1.29 is 17.9 Å². The number of hydrogen-bond donors (Lipinski definition) is 0. The number of para-hydroxylation sites is 1. The highest BCUT2D eigenvalue weighted by atomic mass is 32.2. The molecule has 2 aromatic rings. The third kappa shape index (κ3) is 4.79. The molecule has 1 amide bonds. The van der Waals surface area contributed by atoms with Crippen LogP contribution in [0, 0.1) is 13.8 Å². The molecular formula is C22H28N2O4S. The summed E-state index contributed by atoms with van der Waals surface area (Å²) >= 11 is 0. The van der Waals surface area contributed by atoms with Gasteiger partial charge in [-0.2, -0.15) is 4.31 Å². The van der Waals surface area contributed by atoms with Gasteiger partial charge in [0.05, 0.1) is 12.0 Å². The molecule has 0 aromatic heterocycles. The number of rotatable bonds is 6. The number of methoxy groups -OCH3 is 1. The summed E-state index contributed by atoms with van der Waals surface area (Å²) in [6.45, 7) is 5.15. The van der Waals surface area contributed by atoms with E-state index in [2.05, 4.69) is 0 Å². The summed E-state index contributed by atoms with van der Waals surface area (Å²) in [5, 5.41) is 0. The Hall–Kier alpha value is -2.38. The first-order valence-electron chi connectivity index (χ1n) is 9.80. The number of hydrogen-bond acceptors (Lipinski definition) is 4. The molecule has 0 saturated carbocycles. The fourth-order valence-electron chi connectivity index (χ4n) is 3.61. The molecule has 0 bridgehead atoms. The lowest BCUT2D eigenvalue weighted by Crippen LogP contribution is -2.50. The van der Waals surface area contributed by atoms with Gasteiger partial charge in [-0.05, 0) is 49.1 Å². The zero-order chi connectivity index (χ0) is 21.0. The molecule has 1 aliphatic rings. The highest BCUT2D eigenvalue weighted by Gasteiger charge is 2.31. The number of ether oxygens (including phenoxy) is 1. The molecule has 3 rings (SSSR count). The van der Waals surface area contributed by atoms with E-state index in [0.29, 0.717) is 43.9 Å². The Morgan fingerprint density at radius 2 is 1.72 bits per heavy atom. The van der Waals surface area contributed by atoms with Crippen molar-refractivity contribution in [3.63, 3.8) is 0 Å². The average molecular weight is 417 g/mol. The Morgan fingerprint density at radius 3 is 2.41 bits per heavy atom. The van der Waals surface area contributed by atoms with Gasteiger partial charge in [0.2, 0.25) is 15.9 Å². The molecule has 156 valence electrons. The summed E-state index contributed by atoms with van der Waals surface area (Å²) in [6.07, 6.45) is 0.980.